The Labute approximate surface area is 120 Å². The van der Waals surface area contributed by atoms with Gasteiger partial charge in [-0.2, -0.15) is 0 Å². The van der Waals surface area contributed by atoms with E-state index in [0.29, 0.717) is 5.92 Å². The summed E-state index contributed by atoms with van der Waals surface area (Å²) < 4.78 is 5.87. The molecule has 0 saturated carbocycles. The fourth-order valence-electron chi connectivity index (χ4n) is 2.96. The van der Waals surface area contributed by atoms with Crippen molar-refractivity contribution in [3.8, 4) is 0 Å². The smallest absolute Gasteiger partial charge is 0.159 e. The molecule has 1 N–H and O–H groups in total. The first-order valence-electron chi connectivity index (χ1n) is 7.55. The van der Waals surface area contributed by atoms with Crippen molar-refractivity contribution in [2.45, 2.75) is 38.8 Å². The highest BCUT2D eigenvalue weighted by molar-refractivity contribution is 5.31. The molecule has 0 bridgehead atoms. The first-order chi connectivity index (χ1) is 9.65. The summed E-state index contributed by atoms with van der Waals surface area (Å²) in [5.74, 6) is 1.30. The van der Waals surface area contributed by atoms with E-state index in [-0.39, 0.29) is 6.10 Å². The predicted octanol–water partition coefficient (Wildman–Crippen LogP) is 1.25. The Morgan fingerprint density at radius 2 is 2.20 bits per heavy atom. The molecular formula is C15H24N4O. The number of aromatic nitrogens is 2. The normalized spacial score (nSPS) is 23.9. The van der Waals surface area contributed by atoms with Gasteiger partial charge in [-0.15, -0.1) is 0 Å². The molecule has 1 saturated heterocycles. The molecule has 1 atom stereocenters. The Morgan fingerprint density at radius 3 is 2.95 bits per heavy atom. The Bertz CT molecular complexity index is 489. The summed E-state index contributed by atoms with van der Waals surface area (Å²) >= 11 is 0. The predicted molar refractivity (Wildman–Crippen MR) is 77.7 cm³/mol. The van der Waals surface area contributed by atoms with Crippen molar-refractivity contribution >= 4 is 0 Å². The third-order valence-electron chi connectivity index (χ3n) is 4.09. The fraction of sp³-hybridized carbons (Fsp3) is 0.733. The van der Waals surface area contributed by atoms with Crippen LogP contribution in [0.1, 0.15) is 48.6 Å². The van der Waals surface area contributed by atoms with E-state index in [2.05, 4.69) is 31.1 Å². The zero-order valence-electron chi connectivity index (χ0n) is 12.6. The maximum Gasteiger partial charge on any atom is 0.159 e. The average Bonchev–Trinajstić information content (AvgIpc) is 2.46. The molecule has 1 fully saturated rings. The number of hydrogen-bond donors (Lipinski definition) is 1. The second-order valence-corrected chi connectivity index (χ2v) is 6.10. The lowest BCUT2D eigenvalue weighted by Gasteiger charge is -2.30. The van der Waals surface area contributed by atoms with Crippen LogP contribution in [0.2, 0.25) is 0 Å². The lowest BCUT2D eigenvalue weighted by molar-refractivity contribution is -0.0257. The van der Waals surface area contributed by atoms with Crippen LogP contribution in [0.5, 0.6) is 0 Å². The van der Waals surface area contributed by atoms with Gasteiger partial charge in [0.1, 0.15) is 6.10 Å². The van der Waals surface area contributed by atoms with Gasteiger partial charge in [-0.25, -0.2) is 9.97 Å². The molecule has 0 spiro atoms. The zero-order chi connectivity index (χ0) is 14.1. The first kappa shape index (κ1) is 13.9. The maximum atomic E-state index is 5.87. The molecule has 3 heterocycles. The molecule has 3 rings (SSSR count). The average molecular weight is 276 g/mol. The van der Waals surface area contributed by atoms with Crippen LogP contribution >= 0.6 is 0 Å². The van der Waals surface area contributed by atoms with Gasteiger partial charge in [-0.3, -0.25) is 0 Å². The number of nitrogens with zero attached hydrogens (tertiary/aromatic N) is 3. The lowest BCUT2D eigenvalue weighted by atomic mass is 9.97. The number of ether oxygens (including phenoxy) is 1. The number of likely N-dealkylation sites (N-methyl/N-ethyl adjacent to an activating group) is 1. The van der Waals surface area contributed by atoms with Crippen LogP contribution in [0, 0.1) is 0 Å². The number of hydrogen-bond acceptors (Lipinski definition) is 5. The quantitative estimate of drug-likeness (QED) is 0.881. The molecule has 2 aliphatic rings. The molecule has 0 aliphatic carbocycles. The van der Waals surface area contributed by atoms with Gasteiger partial charge in [-0.05, 0) is 31.5 Å². The third kappa shape index (κ3) is 2.71. The van der Waals surface area contributed by atoms with Crippen molar-refractivity contribution in [3.63, 3.8) is 0 Å². The largest absolute Gasteiger partial charge is 0.368 e. The molecule has 5 heteroatoms. The van der Waals surface area contributed by atoms with Crippen LogP contribution in [0.3, 0.4) is 0 Å². The topological polar surface area (TPSA) is 50.3 Å². The zero-order valence-corrected chi connectivity index (χ0v) is 12.6. The van der Waals surface area contributed by atoms with Crippen molar-refractivity contribution in [2.24, 2.45) is 0 Å². The van der Waals surface area contributed by atoms with E-state index in [1.807, 2.05) is 0 Å². The highest BCUT2D eigenvalue weighted by Gasteiger charge is 2.26. The molecule has 0 radical (unpaired) electrons. The van der Waals surface area contributed by atoms with Crippen LogP contribution in [-0.4, -0.2) is 48.2 Å². The monoisotopic (exact) mass is 276 g/mol. The van der Waals surface area contributed by atoms with Crippen molar-refractivity contribution in [1.82, 2.24) is 20.2 Å². The highest BCUT2D eigenvalue weighted by Crippen LogP contribution is 2.26. The Morgan fingerprint density at radius 1 is 1.35 bits per heavy atom. The minimum atomic E-state index is 0.0125. The van der Waals surface area contributed by atoms with Crippen LogP contribution in [0.15, 0.2) is 0 Å². The van der Waals surface area contributed by atoms with E-state index >= 15 is 0 Å². The third-order valence-corrected chi connectivity index (χ3v) is 4.09. The SMILES string of the molecule is CC(C)c1nc(C2CN(C)CCO2)nc2c1CCNC2. The summed E-state index contributed by atoms with van der Waals surface area (Å²) in [6, 6.07) is 0. The molecule has 5 nitrogen and oxygen atoms in total. The van der Waals surface area contributed by atoms with Gasteiger partial charge in [0.15, 0.2) is 5.82 Å². The van der Waals surface area contributed by atoms with Crippen LogP contribution in [0.25, 0.3) is 0 Å². The number of nitrogens with one attached hydrogen (secondary N) is 1. The molecule has 0 aromatic carbocycles. The lowest BCUT2D eigenvalue weighted by Crippen LogP contribution is -2.37. The van der Waals surface area contributed by atoms with Crippen molar-refractivity contribution in [3.05, 3.63) is 22.8 Å². The van der Waals surface area contributed by atoms with Gasteiger partial charge in [0.25, 0.3) is 0 Å². The molecule has 2 aliphatic heterocycles. The van der Waals surface area contributed by atoms with Crippen molar-refractivity contribution in [1.29, 1.82) is 0 Å². The number of morpholine rings is 1. The van der Waals surface area contributed by atoms with Gasteiger partial charge in [0.2, 0.25) is 0 Å². The summed E-state index contributed by atoms with van der Waals surface area (Å²) in [7, 11) is 2.12. The molecule has 110 valence electrons. The van der Waals surface area contributed by atoms with Crippen LogP contribution < -0.4 is 5.32 Å². The maximum absolute atomic E-state index is 5.87. The summed E-state index contributed by atoms with van der Waals surface area (Å²) in [5, 5.41) is 3.40. The van der Waals surface area contributed by atoms with Crippen LogP contribution in [0.4, 0.5) is 0 Å². The summed E-state index contributed by atoms with van der Waals surface area (Å²) in [4.78, 5) is 11.9. The molecule has 1 aromatic heterocycles. The molecule has 20 heavy (non-hydrogen) atoms. The Hall–Kier alpha value is -1.04. The molecular weight excluding hydrogens is 252 g/mol. The van der Waals surface area contributed by atoms with E-state index in [9.17, 15) is 0 Å². The minimum absolute atomic E-state index is 0.0125. The summed E-state index contributed by atoms with van der Waals surface area (Å²) in [6.45, 7) is 8.93. The van der Waals surface area contributed by atoms with Crippen LogP contribution in [-0.2, 0) is 17.7 Å². The van der Waals surface area contributed by atoms with Gasteiger partial charge < -0.3 is 15.0 Å². The van der Waals surface area contributed by atoms with E-state index in [1.165, 1.54) is 17.0 Å². The van der Waals surface area contributed by atoms with Gasteiger partial charge >= 0.3 is 0 Å². The fourth-order valence-corrected chi connectivity index (χ4v) is 2.96. The summed E-state index contributed by atoms with van der Waals surface area (Å²) in [6.07, 6.45) is 1.05. The van der Waals surface area contributed by atoms with E-state index < -0.39 is 0 Å². The standard InChI is InChI=1S/C15H24N4O/c1-10(2)14-11-4-5-16-8-12(11)17-15(18-14)13-9-19(3)6-7-20-13/h10,13,16H,4-9H2,1-3H3. The molecule has 1 aromatic rings. The molecule has 0 amide bonds. The number of rotatable bonds is 2. The van der Waals surface area contributed by atoms with Gasteiger partial charge in [0.05, 0.1) is 18.0 Å². The molecule has 1 unspecified atom stereocenters. The van der Waals surface area contributed by atoms with Crippen molar-refractivity contribution in [2.75, 3.05) is 33.3 Å². The first-order valence-corrected chi connectivity index (χ1v) is 7.55. The summed E-state index contributed by atoms with van der Waals surface area (Å²) in [5.41, 5.74) is 3.73. The second-order valence-electron chi connectivity index (χ2n) is 6.10. The van der Waals surface area contributed by atoms with Crippen molar-refractivity contribution < 1.29 is 4.74 Å². The van der Waals surface area contributed by atoms with E-state index in [4.69, 9.17) is 14.7 Å². The minimum Gasteiger partial charge on any atom is -0.368 e. The van der Waals surface area contributed by atoms with Gasteiger partial charge in [-0.1, -0.05) is 13.8 Å². The van der Waals surface area contributed by atoms with Gasteiger partial charge in [0, 0.05) is 19.6 Å². The van der Waals surface area contributed by atoms with E-state index in [1.54, 1.807) is 0 Å². The van der Waals surface area contributed by atoms with E-state index in [0.717, 1.165) is 45.0 Å². The number of fused-ring (bicyclic) bond motifs is 1. The second kappa shape index (κ2) is 5.76. The highest BCUT2D eigenvalue weighted by atomic mass is 16.5. The Balaban J connectivity index is 1.97. The Kier molecular flexibility index (Phi) is 4.01.